The van der Waals surface area contributed by atoms with E-state index in [1.807, 2.05) is 29.3 Å². The molecule has 3 rings (SSSR count). The quantitative estimate of drug-likeness (QED) is 0.911. The summed E-state index contributed by atoms with van der Waals surface area (Å²) in [4.78, 5) is 11.3. The minimum absolute atomic E-state index is 0.317. The van der Waals surface area contributed by atoms with E-state index in [0.717, 1.165) is 49.7 Å². The zero-order chi connectivity index (χ0) is 13.9. The molecule has 0 amide bonds. The third-order valence-corrected chi connectivity index (χ3v) is 3.72. The van der Waals surface area contributed by atoms with Crippen molar-refractivity contribution in [3.8, 4) is 11.3 Å². The average Bonchev–Trinajstić information content (AvgIpc) is 2.97. The molecule has 0 bridgehead atoms. The molecule has 1 aliphatic rings. The van der Waals surface area contributed by atoms with Crippen molar-refractivity contribution in [3.05, 3.63) is 24.7 Å². The molecular formula is C14H20N6. The summed E-state index contributed by atoms with van der Waals surface area (Å²) in [6.45, 7) is 4.79. The average molecular weight is 272 g/mol. The summed E-state index contributed by atoms with van der Waals surface area (Å²) in [5.74, 6) is 0.790. The van der Waals surface area contributed by atoms with Crippen molar-refractivity contribution in [2.45, 2.75) is 32.4 Å². The first-order chi connectivity index (χ1) is 9.76. The van der Waals surface area contributed by atoms with Crippen LogP contribution in [0.1, 0.15) is 19.8 Å². The lowest BCUT2D eigenvalue weighted by molar-refractivity contribution is 0.495. The third kappa shape index (κ3) is 2.65. The van der Waals surface area contributed by atoms with Gasteiger partial charge in [-0.05, 0) is 25.8 Å². The molecule has 3 heterocycles. The molecule has 1 fully saturated rings. The SMILES string of the molecule is CCn1cc(-c2ccnc(N3CCC(N)CC3)n2)cn1. The van der Waals surface area contributed by atoms with Gasteiger partial charge >= 0.3 is 0 Å². The monoisotopic (exact) mass is 272 g/mol. The summed E-state index contributed by atoms with van der Waals surface area (Å²) in [6, 6.07) is 2.24. The molecule has 20 heavy (non-hydrogen) atoms. The Bertz CT molecular complexity index is 571. The van der Waals surface area contributed by atoms with Crippen LogP contribution >= 0.6 is 0 Å². The van der Waals surface area contributed by atoms with Gasteiger partial charge in [0, 0.05) is 43.6 Å². The Labute approximate surface area is 118 Å². The van der Waals surface area contributed by atoms with E-state index < -0.39 is 0 Å². The molecule has 6 nitrogen and oxygen atoms in total. The largest absolute Gasteiger partial charge is 0.341 e. The third-order valence-electron chi connectivity index (χ3n) is 3.72. The molecule has 0 atom stereocenters. The number of anilines is 1. The first-order valence-corrected chi connectivity index (χ1v) is 7.12. The molecule has 1 saturated heterocycles. The Morgan fingerprint density at radius 2 is 2.15 bits per heavy atom. The molecule has 1 aliphatic heterocycles. The Morgan fingerprint density at radius 3 is 2.85 bits per heavy atom. The Kier molecular flexibility index (Phi) is 3.64. The van der Waals surface area contributed by atoms with Gasteiger partial charge in [-0.3, -0.25) is 4.68 Å². The number of nitrogens with zero attached hydrogens (tertiary/aromatic N) is 5. The van der Waals surface area contributed by atoms with Gasteiger partial charge in [-0.1, -0.05) is 0 Å². The predicted octanol–water partition coefficient (Wildman–Crippen LogP) is 1.29. The molecular weight excluding hydrogens is 252 g/mol. The second kappa shape index (κ2) is 5.58. The Hall–Kier alpha value is -1.95. The molecule has 0 aromatic carbocycles. The van der Waals surface area contributed by atoms with Gasteiger partial charge in [-0.25, -0.2) is 9.97 Å². The molecule has 106 valence electrons. The van der Waals surface area contributed by atoms with Crippen molar-refractivity contribution in [1.82, 2.24) is 19.7 Å². The van der Waals surface area contributed by atoms with Crippen molar-refractivity contribution in [1.29, 1.82) is 0 Å². The summed E-state index contributed by atoms with van der Waals surface area (Å²) in [6.07, 6.45) is 7.68. The first-order valence-electron chi connectivity index (χ1n) is 7.12. The number of aryl methyl sites for hydroxylation is 1. The molecule has 6 heteroatoms. The fraction of sp³-hybridized carbons (Fsp3) is 0.500. The summed E-state index contributed by atoms with van der Waals surface area (Å²) in [5.41, 5.74) is 7.89. The van der Waals surface area contributed by atoms with E-state index >= 15 is 0 Å². The van der Waals surface area contributed by atoms with Crippen molar-refractivity contribution in [2.75, 3.05) is 18.0 Å². The smallest absolute Gasteiger partial charge is 0.225 e. The number of nitrogens with two attached hydrogens (primary N) is 1. The van der Waals surface area contributed by atoms with E-state index in [1.165, 1.54) is 0 Å². The van der Waals surface area contributed by atoms with Crippen LogP contribution in [0.2, 0.25) is 0 Å². The summed E-state index contributed by atoms with van der Waals surface area (Å²) in [5, 5.41) is 4.29. The molecule has 0 saturated carbocycles. The van der Waals surface area contributed by atoms with Crippen LogP contribution in [0.25, 0.3) is 11.3 Å². The topological polar surface area (TPSA) is 72.9 Å². The highest BCUT2D eigenvalue weighted by molar-refractivity contribution is 5.58. The Morgan fingerprint density at radius 1 is 1.35 bits per heavy atom. The lowest BCUT2D eigenvalue weighted by Crippen LogP contribution is -2.40. The molecule has 2 aromatic rings. The number of aromatic nitrogens is 4. The van der Waals surface area contributed by atoms with Crippen molar-refractivity contribution < 1.29 is 0 Å². The highest BCUT2D eigenvalue weighted by Crippen LogP contribution is 2.20. The van der Waals surface area contributed by atoms with Crippen molar-refractivity contribution >= 4 is 5.95 Å². The van der Waals surface area contributed by atoms with Gasteiger partial charge in [0.15, 0.2) is 0 Å². The maximum atomic E-state index is 5.94. The van der Waals surface area contributed by atoms with Crippen molar-refractivity contribution in [3.63, 3.8) is 0 Å². The van der Waals surface area contributed by atoms with Gasteiger partial charge < -0.3 is 10.6 Å². The maximum Gasteiger partial charge on any atom is 0.225 e. The maximum absolute atomic E-state index is 5.94. The van der Waals surface area contributed by atoms with Crippen LogP contribution in [-0.2, 0) is 6.54 Å². The fourth-order valence-corrected chi connectivity index (χ4v) is 2.43. The lowest BCUT2D eigenvalue weighted by Gasteiger charge is -2.30. The van der Waals surface area contributed by atoms with Crippen LogP contribution < -0.4 is 10.6 Å². The summed E-state index contributed by atoms with van der Waals surface area (Å²) < 4.78 is 1.90. The predicted molar refractivity (Wildman–Crippen MR) is 78.3 cm³/mol. The first kappa shape index (κ1) is 13.1. The van der Waals surface area contributed by atoms with E-state index in [2.05, 4.69) is 26.9 Å². The minimum atomic E-state index is 0.317. The van der Waals surface area contributed by atoms with Gasteiger partial charge in [0.25, 0.3) is 0 Å². The van der Waals surface area contributed by atoms with Gasteiger partial charge in [-0.2, -0.15) is 5.10 Å². The summed E-state index contributed by atoms with van der Waals surface area (Å²) in [7, 11) is 0. The molecule has 0 radical (unpaired) electrons. The molecule has 0 unspecified atom stereocenters. The van der Waals surface area contributed by atoms with E-state index in [-0.39, 0.29) is 0 Å². The van der Waals surface area contributed by atoms with Crippen LogP contribution in [-0.4, -0.2) is 38.9 Å². The zero-order valence-corrected chi connectivity index (χ0v) is 11.7. The van der Waals surface area contributed by atoms with Crippen molar-refractivity contribution in [2.24, 2.45) is 5.73 Å². The number of piperidine rings is 1. The van der Waals surface area contributed by atoms with Crippen LogP contribution in [0, 0.1) is 0 Å². The van der Waals surface area contributed by atoms with Gasteiger partial charge in [0.05, 0.1) is 11.9 Å². The van der Waals surface area contributed by atoms with E-state index in [0.29, 0.717) is 6.04 Å². The van der Waals surface area contributed by atoms with Gasteiger partial charge in [0.1, 0.15) is 0 Å². The number of rotatable bonds is 3. The minimum Gasteiger partial charge on any atom is -0.341 e. The lowest BCUT2D eigenvalue weighted by atomic mass is 10.1. The van der Waals surface area contributed by atoms with Crippen LogP contribution in [0.4, 0.5) is 5.95 Å². The van der Waals surface area contributed by atoms with Crippen LogP contribution in [0.3, 0.4) is 0 Å². The van der Waals surface area contributed by atoms with E-state index in [1.54, 1.807) is 0 Å². The van der Waals surface area contributed by atoms with E-state index in [9.17, 15) is 0 Å². The zero-order valence-electron chi connectivity index (χ0n) is 11.7. The fourth-order valence-electron chi connectivity index (χ4n) is 2.43. The molecule has 0 aliphatic carbocycles. The number of hydrogen-bond acceptors (Lipinski definition) is 5. The highest BCUT2D eigenvalue weighted by Gasteiger charge is 2.18. The summed E-state index contributed by atoms with van der Waals surface area (Å²) >= 11 is 0. The number of hydrogen-bond donors (Lipinski definition) is 1. The van der Waals surface area contributed by atoms with Crippen LogP contribution in [0.15, 0.2) is 24.7 Å². The van der Waals surface area contributed by atoms with Gasteiger partial charge in [-0.15, -0.1) is 0 Å². The standard InChI is InChI=1S/C14H20N6/c1-2-20-10-11(9-17-20)13-3-6-16-14(18-13)19-7-4-12(15)5-8-19/h3,6,9-10,12H,2,4-5,7-8,15H2,1H3. The van der Waals surface area contributed by atoms with Crippen LogP contribution in [0.5, 0.6) is 0 Å². The molecule has 2 aromatic heterocycles. The molecule has 2 N–H and O–H groups in total. The Balaban J connectivity index is 1.82. The highest BCUT2D eigenvalue weighted by atomic mass is 15.3. The van der Waals surface area contributed by atoms with Gasteiger partial charge in [0.2, 0.25) is 5.95 Å². The second-order valence-corrected chi connectivity index (χ2v) is 5.15. The molecule has 0 spiro atoms. The second-order valence-electron chi connectivity index (χ2n) is 5.15. The van der Waals surface area contributed by atoms with E-state index in [4.69, 9.17) is 5.73 Å². The normalized spacial score (nSPS) is 16.6.